The van der Waals surface area contributed by atoms with Crippen LogP contribution in [0.1, 0.15) is 11.4 Å². The molecule has 0 amide bonds. The van der Waals surface area contributed by atoms with Crippen LogP contribution in [0, 0.1) is 13.8 Å². The zero-order valence-corrected chi connectivity index (χ0v) is 19.9. The Bertz CT molecular complexity index is 572. The van der Waals surface area contributed by atoms with Crippen molar-refractivity contribution in [2.45, 2.75) is 13.8 Å². The number of ether oxygens (including phenoxy) is 1. The van der Waals surface area contributed by atoms with Gasteiger partial charge >= 0.3 is 29.6 Å². The van der Waals surface area contributed by atoms with Crippen molar-refractivity contribution in [3.8, 4) is 5.88 Å². The van der Waals surface area contributed by atoms with Crippen molar-refractivity contribution in [1.29, 1.82) is 0 Å². The SMILES string of the molecule is COc1ccc(Br)c(C)n1.C[O-].Cc1nc(Br)ccc1Br.[Na+]. The molecule has 8 heteroatoms. The maximum absolute atomic E-state index is 8.25. The summed E-state index contributed by atoms with van der Waals surface area (Å²) < 4.78 is 7.85. The molecule has 0 radical (unpaired) electrons. The summed E-state index contributed by atoms with van der Waals surface area (Å²) in [6, 6.07) is 7.60. The van der Waals surface area contributed by atoms with Crippen LogP contribution < -0.4 is 39.4 Å². The van der Waals surface area contributed by atoms with Crippen molar-refractivity contribution < 1.29 is 39.4 Å². The number of hydrogen-bond donors (Lipinski definition) is 0. The Hall–Kier alpha value is 0.500. The topological polar surface area (TPSA) is 58.1 Å². The maximum Gasteiger partial charge on any atom is 1.00 e. The van der Waals surface area contributed by atoms with Crippen molar-refractivity contribution in [3.05, 3.63) is 49.2 Å². The van der Waals surface area contributed by atoms with E-state index in [0.29, 0.717) is 5.88 Å². The van der Waals surface area contributed by atoms with Crippen LogP contribution in [-0.2, 0) is 0 Å². The average molecular weight is 507 g/mol. The number of hydrogen-bond acceptors (Lipinski definition) is 4. The summed E-state index contributed by atoms with van der Waals surface area (Å²) in [7, 11) is 2.36. The van der Waals surface area contributed by atoms with Crippen LogP contribution in [-0.4, -0.2) is 24.2 Å². The summed E-state index contributed by atoms with van der Waals surface area (Å²) in [5.41, 5.74) is 1.95. The number of aryl methyl sites for hydroxylation is 2. The first-order valence-corrected chi connectivity index (χ1v) is 8.18. The Morgan fingerprint density at radius 1 is 0.864 bits per heavy atom. The molecule has 2 heterocycles. The first-order chi connectivity index (χ1) is 9.93. The van der Waals surface area contributed by atoms with Gasteiger partial charge in [-0.05, 0) is 79.8 Å². The number of aromatic nitrogens is 2. The minimum atomic E-state index is 0. The fourth-order valence-electron chi connectivity index (χ4n) is 1.15. The van der Waals surface area contributed by atoms with Gasteiger partial charge < -0.3 is 9.84 Å². The first-order valence-electron chi connectivity index (χ1n) is 5.80. The van der Waals surface area contributed by atoms with Crippen LogP contribution in [0.3, 0.4) is 0 Å². The molecule has 0 fully saturated rings. The number of rotatable bonds is 1. The van der Waals surface area contributed by atoms with Crippen molar-refractivity contribution in [2.75, 3.05) is 14.2 Å². The summed E-state index contributed by atoms with van der Waals surface area (Å²) in [4.78, 5) is 8.27. The van der Waals surface area contributed by atoms with Crippen LogP contribution in [0.5, 0.6) is 5.88 Å². The molecule has 0 unspecified atom stereocenters. The Balaban J connectivity index is 0. The van der Waals surface area contributed by atoms with Gasteiger partial charge in [-0.25, -0.2) is 9.97 Å². The summed E-state index contributed by atoms with van der Waals surface area (Å²) in [6.45, 7) is 3.88. The van der Waals surface area contributed by atoms with E-state index in [1.165, 1.54) is 0 Å². The van der Waals surface area contributed by atoms with Crippen LogP contribution in [0.4, 0.5) is 0 Å². The molecule has 0 bridgehead atoms. The average Bonchev–Trinajstić information content (AvgIpc) is 2.49. The van der Waals surface area contributed by atoms with E-state index >= 15 is 0 Å². The van der Waals surface area contributed by atoms with E-state index in [1.807, 2.05) is 38.1 Å². The predicted molar refractivity (Wildman–Crippen MR) is 93.5 cm³/mol. The molecule has 0 aromatic carbocycles. The second-order valence-electron chi connectivity index (χ2n) is 3.62. The second kappa shape index (κ2) is 13.9. The largest absolute Gasteiger partial charge is 1.00 e. The van der Waals surface area contributed by atoms with Gasteiger partial charge in [0.15, 0.2) is 0 Å². The third-order valence-corrected chi connectivity index (χ3v) is 4.31. The van der Waals surface area contributed by atoms with Gasteiger partial charge in [0.25, 0.3) is 0 Å². The standard InChI is InChI=1S/C7H8BrNO.C6H5Br2N.CH3O.Na/c1-5-6(8)3-4-7(9-5)10-2;1-4-5(7)2-3-6(8)9-4;1-2;/h3-4H,1-2H3;2-3H,1H3;1H3;/q;;-1;+1. The minimum absolute atomic E-state index is 0. The van der Waals surface area contributed by atoms with Crippen LogP contribution >= 0.6 is 47.8 Å². The molecule has 0 aliphatic rings. The quantitative estimate of drug-likeness (QED) is 0.429. The molecule has 2 rings (SSSR count). The molecule has 4 nitrogen and oxygen atoms in total. The molecule has 0 N–H and O–H groups in total. The molecular formula is C14H16Br3N2NaO2. The molecule has 0 saturated heterocycles. The summed E-state index contributed by atoms with van der Waals surface area (Å²) >= 11 is 9.95. The number of halogens is 3. The molecular weight excluding hydrogens is 491 g/mol. The van der Waals surface area contributed by atoms with E-state index in [2.05, 4.69) is 57.8 Å². The zero-order valence-electron chi connectivity index (χ0n) is 13.2. The van der Waals surface area contributed by atoms with Crippen molar-refractivity contribution in [1.82, 2.24) is 9.97 Å². The van der Waals surface area contributed by atoms with E-state index in [1.54, 1.807) is 7.11 Å². The van der Waals surface area contributed by atoms with Crippen molar-refractivity contribution in [2.24, 2.45) is 0 Å². The van der Waals surface area contributed by atoms with Crippen LogP contribution in [0.15, 0.2) is 37.8 Å². The molecule has 2 aromatic heterocycles. The van der Waals surface area contributed by atoms with E-state index in [4.69, 9.17) is 9.84 Å². The van der Waals surface area contributed by atoms with Gasteiger partial charge in [0, 0.05) is 15.0 Å². The fourth-order valence-corrected chi connectivity index (χ4v) is 1.99. The van der Waals surface area contributed by atoms with E-state index in [0.717, 1.165) is 32.0 Å². The van der Waals surface area contributed by atoms with Gasteiger partial charge in [-0.3, -0.25) is 0 Å². The molecule has 22 heavy (non-hydrogen) atoms. The van der Waals surface area contributed by atoms with Gasteiger partial charge in [-0.1, -0.05) is 0 Å². The molecule has 2 aromatic rings. The number of pyridine rings is 2. The Morgan fingerprint density at radius 3 is 1.68 bits per heavy atom. The molecule has 0 aliphatic carbocycles. The Morgan fingerprint density at radius 2 is 1.32 bits per heavy atom. The molecule has 0 saturated carbocycles. The molecule has 0 spiro atoms. The predicted octanol–water partition coefficient (Wildman–Crippen LogP) is 1.06. The number of nitrogens with zero attached hydrogens (tertiary/aromatic N) is 2. The van der Waals surface area contributed by atoms with Crippen molar-refractivity contribution in [3.63, 3.8) is 0 Å². The van der Waals surface area contributed by atoms with Gasteiger partial charge in [-0.15, -0.1) is 0 Å². The third kappa shape index (κ3) is 9.60. The minimum Gasteiger partial charge on any atom is -0.857 e. The molecule has 0 atom stereocenters. The summed E-state index contributed by atoms with van der Waals surface area (Å²) in [5, 5.41) is 8.25. The van der Waals surface area contributed by atoms with Gasteiger partial charge in [0.1, 0.15) is 4.60 Å². The van der Waals surface area contributed by atoms with E-state index in [9.17, 15) is 0 Å². The van der Waals surface area contributed by atoms with Gasteiger partial charge in [0.2, 0.25) is 5.88 Å². The van der Waals surface area contributed by atoms with Crippen LogP contribution in [0.2, 0.25) is 0 Å². The first kappa shape index (κ1) is 24.7. The maximum atomic E-state index is 8.25. The normalized spacial score (nSPS) is 8.55. The van der Waals surface area contributed by atoms with Crippen LogP contribution in [0.25, 0.3) is 0 Å². The Kier molecular flexibility index (Phi) is 15.6. The van der Waals surface area contributed by atoms with E-state index < -0.39 is 0 Å². The van der Waals surface area contributed by atoms with E-state index in [-0.39, 0.29) is 29.6 Å². The summed E-state index contributed by atoms with van der Waals surface area (Å²) in [6.07, 6.45) is 0. The van der Waals surface area contributed by atoms with Crippen molar-refractivity contribution >= 4 is 47.8 Å². The number of methoxy groups -OCH3 is 1. The second-order valence-corrected chi connectivity index (χ2v) is 6.14. The monoisotopic (exact) mass is 504 g/mol. The fraction of sp³-hybridized carbons (Fsp3) is 0.286. The molecule has 116 valence electrons. The Labute approximate surface area is 178 Å². The third-order valence-electron chi connectivity index (χ3n) is 2.19. The summed E-state index contributed by atoms with van der Waals surface area (Å²) in [5.74, 6) is 0.653. The molecule has 0 aliphatic heterocycles. The van der Waals surface area contributed by atoms with Gasteiger partial charge in [-0.2, -0.15) is 7.11 Å². The zero-order chi connectivity index (χ0) is 16.4. The van der Waals surface area contributed by atoms with Gasteiger partial charge in [0.05, 0.1) is 18.5 Å². The smallest absolute Gasteiger partial charge is 0.857 e.